The first kappa shape index (κ1) is 23.6. The number of likely N-dealkylation sites (tertiary alicyclic amines) is 1. The van der Waals surface area contributed by atoms with E-state index >= 15 is 0 Å². The van der Waals surface area contributed by atoms with E-state index in [-0.39, 0.29) is 13.4 Å². The summed E-state index contributed by atoms with van der Waals surface area (Å²) in [5, 5.41) is 3.13. The number of carbonyl (C=O) groups excluding carboxylic acids is 1. The van der Waals surface area contributed by atoms with E-state index in [1.807, 2.05) is 0 Å². The number of benzene rings is 1. The molecule has 1 atom stereocenters. The van der Waals surface area contributed by atoms with Gasteiger partial charge in [0.1, 0.15) is 5.75 Å². The summed E-state index contributed by atoms with van der Waals surface area (Å²) in [5.74, 6) is 2.09. The van der Waals surface area contributed by atoms with Crippen LogP contribution in [-0.4, -0.2) is 55.8 Å². The van der Waals surface area contributed by atoms with Crippen LogP contribution in [0.5, 0.6) is 5.75 Å². The summed E-state index contributed by atoms with van der Waals surface area (Å²) in [5.41, 5.74) is 3.05. The van der Waals surface area contributed by atoms with Crippen molar-refractivity contribution in [2.24, 2.45) is 0 Å². The summed E-state index contributed by atoms with van der Waals surface area (Å²) in [6.07, 6.45) is 12.8. The zero-order chi connectivity index (χ0) is 22.2. The van der Waals surface area contributed by atoms with Crippen LogP contribution in [0.15, 0.2) is 18.2 Å². The molecule has 2 saturated heterocycles. The molecule has 5 heteroatoms. The molecule has 1 aromatic rings. The number of piperidine rings is 1. The lowest BCUT2D eigenvalue weighted by Crippen LogP contribution is -2.37. The van der Waals surface area contributed by atoms with Crippen LogP contribution in [-0.2, 0) is 16.0 Å². The number of ether oxygens (including phenoxy) is 2. The van der Waals surface area contributed by atoms with Gasteiger partial charge in [0, 0.05) is 26.1 Å². The van der Waals surface area contributed by atoms with E-state index in [1.165, 1.54) is 57.3 Å². The van der Waals surface area contributed by atoms with Crippen molar-refractivity contribution in [3.05, 3.63) is 29.3 Å². The van der Waals surface area contributed by atoms with Gasteiger partial charge in [-0.3, -0.25) is 4.79 Å². The quantitative estimate of drug-likeness (QED) is 0.689. The molecule has 1 N–H and O–H groups in total. The molecule has 180 valence electrons. The van der Waals surface area contributed by atoms with Gasteiger partial charge in [0.2, 0.25) is 5.91 Å². The minimum absolute atomic E-state index is 0. The third-order valence-corrected chi connectivity index (χ3v) is 7.66. The van der Waals surface area contributed by atoms with Crippen LogP contribution in [0.25, 0.3) is 0 Å². The first-order valence-electron chi connectivity index (χ1n) is 13.1. The van der Waals surface area contributed by atoms with E-state index in [4.69, 9.17) is 9.47 Å². The Labute approximate surface area is 195 Å². The molecular weight excluding hydrogens is 400 g/mol. The highest BCUT2D eigenvalue weighted by molar-refractivity contribution is 5.76. The molecule has 0 bridgehead atoms. The Kier molecular flexibility index (Phi) is 8.86. The average Bonchev–Trinajstić information content (AvgIpc) is 3.52. The zero-order valence-electron chi connectivity index (χ0n) is 19.9. The number of carbonyl (C=O) groups is 1. The predicted molar refractivity (Wildman–Crippen MR) is 130 cm³/mol. The van der Waals surface area contributed by atoms with E-state index in [1.54, 1.807) is 5.56 Å². The number of fused-ring (bicyclic) bond motifs is 1. The molecule has 1 aliphatic carbocycles. The van der Waals surface area contributed by atoms with Crippen LogP contribution in [0.2, 0.25) is 0 Å². The van der Waals surface area contributed by atoms with Crippen LogP contribution in [0.4, 0.5) is 0 Å². The molecule has 4 aliphatic rings. The average molecular weight is 445 g/mol. The molecule has 3 aliphatic heterocycles. The normalized spacial score (nSPS) is 24.3. The van der Waals surface area contributed by atoms with Crippen molar-refractivity contribution in [2.45, 2.75) is 95.6 Å². The molecule has 1 saturated carbocycles. The molecule has 1 amide bonds. The van der Waals surface area contributed by atoms with Gasteiger partial charge in [-0.15, -0.1) is 0 Å². The van der Waals surface area contributed by atoms with Gasteiger partial charge in [-0.25, -0.2) is 0 Å². The van der Waals surface area contributed by atoms with Gasteiger partial charge in [-0.1, -0.05) is 38.3 Å². The summed E-state index contributed by atoms with van der Waals surface area (Å²) in [4.78, 5) is 14.2. The summed E-state index contributed by atoms with van der Waals surface area (Å²) in [6.45, 7) is 7.68. The molecule has 1 unspecified atom stereocenters. The minimum Gasteiger partial charge on any atom is -0.493 e. The van der Waals surface area contributed by atoms with Crippen molar-refractivity contribution in [2.75, 3.05) is 32.8 Å². The standard InChI is InChI=1S/C15H21NO.C12H21NO2.H2/c1-2-16-9-6-12(7-10-16)13-4-3-5-15-14(13)8-11-17-15;14-12(9-11-7-4-8-15-11)13-10-5-2-1-3-6-10;/h3-5,12H,2,6-11H2,1H3;10-11H,1-9H2,(H,13,14);1H. The second kappa shape index (κ2) is 12.0. The SMILES string of the molecule is CCN1CCC(c2cccc3c2CCO3)CC1.O=C(CC1CCCO1)NC1CCCCC1.[HH]. The highest BCUT2D eigenvalue weighted by Gasteiger charge is 2.25. The first-order valence-corrected chi connectivity index (χ1v) is 13.1. The van der Waals surface area contributed by atoms with E-state index in [9.17, 15) is 4.79 Å². The second-order valence-electron chi connectivity index (χ2n) is 9.87. The highest BCUT2D eigenvalue weighted by atomic mass is 16.5. The minimum atomic E-state index is 0. The number of nitrogens with one attached hydrogen (secondary N) is 1. The Balaban J connectivity index is 0.000000182. The van der Waals surface area contributed by atoms with Gasteiger partial charge in [0.05, 0.1) is 19.1 Å². The van der Waals surface area contributed by atoms with E-state index < -0.39 is 0 Å². The highest BCUT2D eigenvalue weighted by Crippen LogP contribution is 2.36. The Morgan fingerprint density at radius 3 is 2.59 bits per heavy atom. The second-order valence-corrected chi connectivity index (χ2v) is 9.87. The maximum atomic E-state index is 11.7. The van der Waals surface area contributed by atoms with Crippen molar-refractivity contribution in [1.82, 2.24) is 10.2 Å². The third-order valence-electron chi connectivity index (χ3n) is 7.66. The van der Waals surface area contributed by atoms with Crippen molar-refractivity contribution in [1.29, 1.82) is 0 Å². The molecule has 3 fully saturated rings. The lowest BCUT2D eigenvalue weighted by atomic mass is 9.86. The molecule has 5 nitrogen and oxygen atoms in total. The smallest absolute Gasteiger partial charge is 0.222 e. The topological polar surface area (TPSA) is 50.8 Å². The Hall–Kier alpha value is -1.59. The van der Waals surface area contributed by atoms with Crippen molar-refractivity contribution in [3.8, 4) is 5.75 Å². The van der Waals surface area contributed by atoms with Crippen LogP contribution in [0.1, 0.15) is 89.6 Å². The van der Waals surface area contributed by atoms with Crippen LogP contribution < -0.4 is 10.1 Å². The molecule has 5 rings (SSSR count). The lowest BCUT2D eigenvalue weighted by molar-refractivity contribution is -0.124. The fourth-order valence-corrected chi connectivity index (χ4v) is 5.74. The summed E-state index contributed by atoms with van der Waals surface area (Å²) in [7, 11) is 0. The third kappa shape index (κ3) is 6.48. The van der Waals surface area contributed by atoms with Crippen molar-refractivity contribution in [3.63, 3.8) is 0 Å². The molecule has 0 aromatic heterocycles. The summed E-state index contributed by atoms with van der Waals surface area (Å²) >= 11 is 0. The van der Waals surface area contributed by atoms with E-state index in [0.717, 1.165) is 57.0 Å². The molecule has 32 heavy (non-hydrogen) atoms. The zero-order valence-corrected chi connectivity index (χ0v) is 19.9. The van der Waals surface area contributed by atoms with Gasteiger partial charge < -0.3 is 19.7 Å². The Bertz CT molecular complexity index is 724. The number of nitrogens with zero attached hydrogens (tertiary/aromatic N) is 1. The molecule has 0 spiro atoms. The van der Waals surface area contributed by atoms with E-state index in [0.29, 0.717) is 12.5 Å². The van der Waals surface area contributed by atoms with Crippen molar-refractivity contribution < 1.29 is 15.7 Å². The molecular formula is C27H44N2O3. The Morgan fingerprint density at radius 1 is 1.06 bits per heavy atom. The van der Waals surface area contributed by atoms with Crippen molar-refractivity contribution >= 4 is 5.91 Å². The van der Waals surface area contributed by atoms with Gasteiger partial charge >= 0.3 is 0 Å². The van der Waals surface area contributed by atoms with E-state index in [2.05, 4.69) is 35.3 Å². The van der Waals surface area contributed by atoms with Crippen LogP contribution in [0, 0.1) is 0 Å². The van der Waals surface area contributed by atoms with Crippen LogP contribution in [0.3, 0.4) is 0 Å². The number of hydrogen-bond acceptors (Lipinski definition) is 4. The Morgan fingerprint density at radius 2 is 1.88 bits per heavy atom. The first-order chi connectivity index (χ1) is 15.7. The fourth-order valence-electron chi connectivity index (χ4n) is 5.74. The number of rotatable bonds is 5. The number of hydrogen-bond donors (Lipinski definition) is 1. The lowest BCUT2D eigenvalue weighted by Gasteiger charge is -2.32. The maximum Gasteiger partial charge on any atom is 0.222 e. The molecule has 1 aromatic carbocycles. The van der Waals surface area contributed by atoms with Gasteiger partial charge in [0.15, 0.2) is 0 Å². The molecule has 3 heterocycles. The van der Waals surface area contributed by atoms with Gasteiger partial charge in [-0.2, -0.15) is 0 Å². The van der Waals surface area contributed by atoms with Gasteiger partial charge in [0.25, 0.3) is 0 Å². The maximum absolute atomic E-state index is 11.7. The molecule has 0 radical (unpaired) electrons. The predicted octanol–water partition coefficient (Wildman–Crippen LogP) is 5.07. The fraction of sp³-hybridized carbons (Fsp3) is 0.741. The van der Waals surface area contributed by atoms with Gasteiger partial charge in [-0.05, 0) is 75.7 Å². The largest absolute Gasteiger partial charge is 0.493 e. The van der Waals surface area contributed by atoms with Crippen LogP contribution >= 0.6 is 0 Å². The summed E-state index contributed by atoms with van der Waals surface area (Å²) in [6, 6.07) is 7.03. The number of amides is 1. The monoisotopic (exact) mass is 444 g/mol. The summed E-state index contributed by atoms with van der Waals surface area (Å²) < 4.78 is 11.1.